The molecule has 1 heterocycles. The summed E-state index contributed by atoms with van der Waals surface area (Å²) in [4.78, 5) is 13.1. The van der Waals surface area contributed by atoms with Gasteiger partial charge in [-0.3, -0.25) is 4.79 Å². The molecule has 0 saturated heterocycles. The molecule has 31 heavy (non-hydrogen) atoms. The van der Waals surface area contributed by atoms with E-state index >= 15 is 0 Å². The van der Waals surface area contributed by atoms with Crippen LogP contribution in [0.4, 0.5) is 0 Å². The Balaban J connectivity index is 1.71. The van der Waals surface area contributed by atoms with Gasteiger partial charge in [-0.05, 0) is 48.0 Å². The third-order valence-corrected chi connectivity index (χ3v) is 5.34. The molecule has 0 spiro atoms. The van der Waals surface area contributed by atoms with E-state index in [-0.39, 0.29) is 11.8 Å². The molecule has 1 aromatic heterocycles. The average Bonchev–Trinajstić information content (AvgIpc) is 3.28. The molecule has 0 aliphatic heterocycles. The third kappa shape index (κ3) is 4.78. The highest BCUT2D eigenvalue weighted by Gasteiger charge is 2.25. The van der Waals surface area contributed by atoms with E-state index < -0.39 is 6.04 Å². The van der Waals surface area contributed by atoms with Crippen molar-refractivity contribution in [1.29, 1.82) is 0 Å². The molecule has 1 amide bonds. The molecule has 6 nitrogen and oxygen atoms in total. The van der Waals surface area contributed by atoms with E-state index in [1.165, 1.54) is 7.11 Å². The van der Waals surface area contributed by atoms with Gasteiger partial charge >= 0.3 is 0 Å². The second-order valence-electron chi connectivity index (χ2n) is 6.61. The van der Waals surface area contributed by atoms with Crippen molar-refractivity contribution in [2.45, 2.75) is 6.04 Å². The number of amides is 1. The first-order valence-electron chi connectivity index (χ1n) is 9.34. The smallest absolute Gasteiger partial charge is 0.255 e. The van der Waals surface area contributed by atoms with Gasteiger partial charge in [-0.25, -0.2) is 0 Å². The van der Waals surface area contributed by atoms with Gasteiger partial charge in [0.25, 0.3) is 5.91 Å². The first-order valence-corrected chi connectivity index (χ1v) is 10.5. The van der Waals surface area contributed by atoms with Crippen molar-refractivity contribution in [2.24, 2.45) is 0 Å². The quantitative estimate of drug-likeness (QED) is 0.370. The molecule has 0 radical (unpaired) electrons. The number of ether oxygens (including phenoxy) is 1. The van der Waals surface area contributed by atoms with Gasteiger partial charge < -0.3 is 14.5 Å². The van der Waals surface area contributed by atoms with Crippen molar-refractivity contribution >= 4 is 33.4 Å². The van der Waals surface area contributed by atoms with Crippen molar-refractivity contribution in [2.75, 3.05) is 7.11 Å². The van der Waals surface area contributed by atoms with E-state index in [0.29, 0.717) is 22.2 Å². The largest absolute Gasteiger partial charge is 0.496 e. The molecule has 1 atom stereocenters. The Kier molecular flexibility index (Phi) is 6.34. The van der Waals surface area contributed by atoms with Crippen LogP contribution in [0.15, 0.2) is 81.7 Å². The van der Waals surface area contributed by atoms with Crippen molar-refractivity contribution in [1.82, 2.24) is 15.5 Å². The summed E-state index contributed by atoms with van der Waals surface area (Å²) in [5.74, 6) is 0.718. The number of nitrogens with zero attached hydrogens (tertiary/aromatic N) is 2. The monoisotopic (exact) mass is 497 g/mol. The van der Waals surface area contributed by atoms with Gasteiger partial charge in [0, 0.05) is 15.1 Å². The third-order valence-electron chi connectivity index (χ3n) is 4.59. The summed E-state index contributed by atoms with van der Waals surface area (Å²) >= 11 is 9.44. The predicted octanol–water partition coefficient (Wildman–Crippen LogP) is 5.68. The fourth-order valence-corrected chi connectivity index (χ4v) is 3.55. The number of hydrogen-bond donors (Lipinski definition) is 1. The van der Waals surface area contributed by atoms with E-state index in [1.807, 2.05) is 30.3 Å². The molecule has 156 valence electrons. The van der Waals surface area contributed by atoms with Crippen LogP contribution in [0.3, 0.4) is 0 Å². The van der Waals surface area contributed by atoms with Crippen LogP contribution in [0, 0.1) is 0 Å². The van der Waals surface area contributed by atoms with Gasteiger partial charge in [-0.2, -0.15) is 0 Å². The Hall–Kier alpha value is -3.16. The zero-order valence-corrected chi connectivity index (χ0v) is 18.7. The zero-order valence-electron chi connectivity index (χ0n) is 16.4. The standard InChI is InChI=1S/C23H17BrClN3O3/c1-30-19-12-9-16(24)13-18(19)21(29)26-20(14-7-10-17(25)11-8-14)23-28-27-22(31-23)15-5-3-2-4-6-15/h2-13,20H,1H3,(H,26,29)/t20-/m0/s1. The molecule has 1 N–H and O–H groups in total. The highest BCUT2D eigenvalue weighted by atomic mass is 79.9. The Labute approximate surface area is 192 Å². The summed E-state index contributed by atoms with van der Waals surface area (Å²) in [5.41, 5.74) is 1.91. The topological polar surface area (TPSA) is 77.2 Å². The summed E-state index contributed by atoms with van der Waals surface area (Å²) < 4.78 is 12.0. The zero-order chi connectivity index (χ0) is 21.8. The summed E-state index contributed by atoms with van der Waals surface area (Å²) in [6.45, 7) is 0. The van der Waals surface area contributed by atoms with Gasteiger partial charge in [0.05, 0.1) is 12.7 Å². The second kappa shape index (κ2) is 9.32. The van der Waals surface area contributed by atoms with E-state index in [1.54, 1.807) is 42.5 Å². The average molecular weight is 499 g/mol. The van der Waals surface area contributed by atoms with E-state index in [0.717, 1.165) is 15.6 Å². The van der Waals surface area contributed by atoms with Crippen LogP contribution in [-0.4, -0.2) is 23.2 Å². The van der Waals surface area contributed by atoms with Gasteiger partial charge in [0.1, 0.15) is 11.8 Å². The predicted molar refractivity (Wildman–Crippen MR) is 121 cm³/mol. The normalized spacial score (nSPS) is 11.7. The Morgan fingerprint density at radius 2 is 1.81 bits per heavy atom. The fourth-order valence-electron chi connectivity index (χ4n) is 3.06. The van der Waals surface area contributed by atoms with E-state index in [4.69, 9.17) is 20.8 Å². The number of rotatable bonds is 6. The summed E-state index contributed by atoms with van der Waals surface area (Å²) in [6.07, 6.45) is 0. The van der Waals surface area contributed by atoms with E-state index in [9.17, 15) is 4.79 Å². The lowest BCUT2D eigenvalue weighted by Crippen LogP contribution is -2.30. The summed E-state index contributed by atoms with van der Waals surface area (Å²) in [5, 5.41) is 11.9. The number of aromatic nitrogens is 2. The van der Waals surface area contributed by atoms with Gasteiger partial charge in [0.2, 0.25) is 11.8 Å². The maximum atomic E-state index is 13.1. The molecule has 0 unspecified atom stereocenters. The number of methoxy groups -OCH3 is 1. The molecule has 4 rings (SSSR count). The van der Waals surface area contributed by atoms with Crippen molar-refractivity contribution in [3.05, 3.63) is 99.3 Å². The molecule has 4 aromatic rings. The van der Waals surface area contributed by atoms with Crippen LogP contribution < -0.4 is 10.1 Å². The molecule has 8 heteroatoms. The molecule has 0 aliphatic carbocycles. The number of carbonyl (C=O) groups excluding carboxylic acids is 1. The maximum absolute atomic E-state index is 13.1. The number of halogens is 2. The number of benzene rings is 3. The van der Waals surface area contributed by atoms with Gasteiger partial charge in [0.15, 0.2) is 0 Å². The van der Waals surface area contributed by atoms with Crippen molar-refractivity contribution in [3.63, 3.8) is 0 Å². The lowest BCUT2D eigenvalue weighted by atomic mass is 10.1. The molecular formula is C23H17BrClN3O3. The van der Waals surface area contributed by atoms with Crippen molar-refractivity contribution in [3.8, 4) is 17.2 Å². The minimum absolute atomic E-state index is 0.253. The van der Waals surface area contributed by atoms with Gasteiger partial charge in [-0.1, -0.05) is 57.9 Å². The lowest BCUT2D eigenvalue weighted by molar-refractivity contribution is 0.0935. The first kappa shape index (κ1) is 21.1. The fraction of sp³-hybridized carbons (Fsp3) is 0.0870. The minimum atomic E-state index is -0.682. The minimum Gasteiger partial charge on any atom is -0.496 e. The van der Waals surface area contributed by atoms with Crippen LogP contribution in [0.5, 0.6) is 5.75 Å². The number of carbonyl (C=O) groups is 1. The Morgan fingerprint density at radius 3 is 2.52 bits per heavy atom. The maximum Gasteiger partial charge on any atom is 0.255 e. The molecule has 0 aliphatic rings. The number of hydrogen-bond acceptors (Lipinski definition) is 5. The van der Waals surface area contributed by atoms with Crippen LogP contribution >= 0.6 is 27.5 Å². The van der Waals surface area contributed by atoms with Crippen LogP contribution in [0.2, 0.25) is 5.02 Å². The SMILES string of the molecule is COc1ccc(Br)cc1C(=O)N[C@@H](c1ccc(Cl)cc1)c1nnc(-c2ccccc2)o1. The molecular weight excluding hydrogens is 482 g/mol. The Morgan fingerprint density at radius 1 is 1.06 bits per heavy atom. The van der Waals surface area contributed by atoms with Gasteiger partial charge in [-0.15, -0.1) is 10.2 Å². The lowest BCUT2D eigenvalue weighted by Gasteiger charge is -2.17. The molecule has 0 bridgehead atoms. The summed E-state index contributed by atoms with van der Waals surface area (Å²) in [7, 11) is 1.51. The second-order valence-corrected chi connectivity index (χ2v) is 7.97. The van der Waals surface area contributed by atoms with Crippen LogP contribution in [0.1, 0.15) is 27.9 Å². The molecule has 0 fully saturated rings. The van der Waals surface area contributed by atoms with Crippen LogP contribution in [0.25, 0.3) is 11.5 Å². The first-order chi connectivity index (χ1) is 15.0. The number of nitrogens with one attached hydrogen (secondary N) is 1. The highest BCUT2D eigenvalue weighted by molar-refractivity contribution is 9.10. The Bertz CT molecular complexity index is 1200. The highest BCUT2D eigenvalue weighted by Crippen LogP contribution is 2.28. The van der Waals surface area contributed by atoms with Crippen LogP contribution in [-0.2, 0) is 0 Å². The molecule has 0 saturated carbocycles. The van der Waals surface area contributed by atoms with Crippen molar-refractivity contribution < 1.29 is 13.9 Å². The van der Waals surface area contributed by atoms with E-state index in [2.05, 4.69) is 31.4 Å². The molecule has 3 aromatic carbocycles. The summed E-state index contributed by atoms with van der Waals surface area (Å²) in [6, 6.07) is 21.0.